The molecule has 0 bridgehead atoms. The highest BCUT2D eigenvalue weighted by Crippen LogP contribution is 2.29. The van der Waals surface area contributed by atoms with E-state index in [2.05, 4.69) is 15.7 Å². The standard InChI is InChI=1S/C26H19FN4O/c27-20-15-13-19(14-16-20)25-24(17-31(30-25)21-9-2-1-3-10-21)29-26(32)28-23-12-6-8-18-7-4-5-11-22(18)23/h1-17H,(H2,28,29,32). The summed E-state index contributed by atoms with van der Waals surface area (Å²) >= 11 is 0. The molecule has 0 radical (unpaired) electrons. The highest BCUT2D eigenvalue weighted by molar-refractivity contribution is 6.07. The van der Waals surface area contributed by atoms with Gasteiger partial charge in [-0.05, 0) is 47.9 Å². The molecule has 0 aliphatic carbocycles. The Hall–Kier alpha value is -4.45. The maximum atomic E-state index is 13.4. The number of hydrogen-bond acceptors (Lipinski definition) is 2. The highest BCUT2D eigenvalue weighted by Gasteiger charge is 2.15. The Morgan fingerprint density at radius 3 is 2.25 bits per heavy atom. The summed E-state index contributed by atoms with van der Waals surface area (Å²) < 4.78 is 15.1. The van der Waals surface area contributed by atoms with Crippen molar-refractivity contribution in [3.63, 3.8) is 0 Å². The lowest BCUT2D eigenvalue weighted by Gasteiger charge is -2.10. The monoisotopic (exact) mass is 422 g/mol. The molecule has 5 aromatic rings. The zero-order valence-electron chi connectivity index (χ0n) is 17.0. The summed E-state index contributed by atoms with van der Waals surface area (Å²) in [5.41, 5.74) is 3.31. The van der Waals surface area contributed by atoms with Gasteiger partial charge in [-0.1, -0.05) is 54.6 Å². The molecule has 5 nitrogen and oxygen atoms in total. The fourth-order valence-electron chi connectivity index (χ4n) is 3.61. The molecule has 0 unspecified atom stereocenters. The Bertz CT molecular complexity index is 1390. The van der Waals surface area contributed by atoms with Crippen LogP contribution in [0.1, 0.15) is 0 Å². The predicted octanol–water partition coefficient (Wildman–Crippen LogP) is 6.48. The van der Waals surface area contributed by atoms with E-state index < -0.39 is 6.03 Å². The van der Waals surface area contributed by atoms with E-state index in [0.717, 1.165) is 16.5 Å². The van der Waals surface area contributed by atoms with Gasteiger partial charge in [-0.3, -0.25) is 0 Å². The molecule has 1 heterocycles. The fraction of sp³-hybridized carbons (Fsp3) is 0. The number of carbonyl (C=O) groups is 1. The molecular weight excluding hydrogens is 403 g/mol. The van der Waals surface area contributed by atoms with Crippen LogP contribution in [-0.2, 0) is 0 Å². The number of benzene rings is 4. The van der Waals surface area contributed by atoms with Gasteiger partial charge >= 0.3 is 6.03 Å². The van der Waals surface area contributed by atoms with E-state index in [9.17, 15) is 9.18 Å². The maximum Gasteiger partial charge on any atom is 0.323 e. The number of halogens is 1. The highest BCUT2D eigenvalue weighted by atomic mass is 19.1. The molecule has 32 heavy (non-hydrogen) atoms. The Morgan fingerprint density at radius 2 is 1.44 bits per heavy atom. The number of anilines is 2. The molecule has 0 spiro atoms. The number of carbonyl (C=O) groups excluding carboxylic acids is 1. The number of aromatic nitrogens is 2. The van der Waals surface area contributed by atoms with Crippen LogP contribution >= 0.6 is 0 Å². The topological polar surface area (TPSA) is 59.0 Å². The Labute approximate surface area is 184 Å². The SMILES string of the molecule is O=C(Nc1cn(-c2ccccc2)nc1-c1ccc(F)cc1)Nc1cccc2ccccc12. The number of hydrogen-bond donors (Lipinski definition) is 2. The fourth-order valence-corrected chi connectivity index (χ4v) is 3.61. The number of amides is 2. The number of nitrogens with one attached hydrogen (secondary N) is 2. The zero-order chi connectivity index (χ0) is 21.9. The summed E-state index contributed by atoms with van der Waals surface area (Å²) in [6, 6.07) is 28.8. The Kier molecular flexibility index (Phi) is 5.09. The number of fused-ring (bicyclic) bond motifs is 1. The smallest absolute Gasteiger partial charge is 0.307 e. The molecule has 1 aromatic heterocycles. The first-order valence-electron chi connectivity index (χ1n) is 10.1. The summed E-state index contributed by atoms with van der Waals surface area (Å²) in [4.78, 5) is 12.9. The molecule has 156 valence electrons. The molecule has 0 atom stereocenters. The van der Waals surface area contributed by atoms with Gasteiger partial charge < -0.3 is 10.6 Å². The van der Waals surface area contributed by atoms with Crippen LogP contribution in [0.2, 0.25) is 0 Å². The molecule has 0 saturated heterocycles. The van der Waals surface area contributed by atoms with Crippen LogP contribution in [-0.4, -0.2) is 15.8 Å². The van der Waals surface area contributed by atoms with E-state index in [0.29, 0.717) is 22.6 Å². The Morgan fingerprint density at radius 1 is 0.750 bits per heavy atom. The number of urea groups is 1. The quantitative estimate of drug-likeness (QED) is 0.348. The van der Waals surface area contributed by atoms with Gasteiger partial charge in [0.2, 0.25) is 0 Å². The van der Waals surface area contributed by atoms with Crippen LogP contribution in [0.3, 0.4) is 0 Å². The normalized spacial score (nSPS) is 10.8. The van der Waals surface area contributed by atoms with Gasteiger partial charge in [-0.15, -0.1) is 0 Å². The molecule has 0 fully saturated rings. The van der Waals surface area contributed by atoms with E-state index in [-0.39, 0.29) is 5.82 Å². The second kappa shape index (κ2) is 8.35. The minimum atomic E-state index is -0.391. The van der Waals surface area contributed by atoms with Crippen molar-refractivity contribution in [2.45, 2.75) is 0 Å². The first-order valence-corrected chi connectivity index (χ1v) is 10.1. The van der Waals surface area contributed by atoms with Gasteiger partial charge in [0, 0.05) is 10.9 Å². The molecule has 0 aliphatic heterocycles. The van der Waals surface area contributed by atoms with Crippen LogP contribution in [0.15, 0.2) is 103 Å². The first kappa shape index (κ1) is 19.5. The minimum Gasteiger partial charge on any atom is -0.307 e. The van der Waals surface area contributed by atoms with Crippen molar-refractivity contribution in [3.05, 3.63) is 109 Å². The van der Waals surface area contributed by atoms with Crippen molar-refractivity contribution in [1.82, 2.24) is 9.78 Å². The van der Waals surface area contributed by atoms with Crippen LogP contribution in [0.4, 0.5) is 20.6 Å². The summed E-state index contributed by atoms with van der Waals surface area (Å²) in [5, 5.41) is 12.4. The molecule has 0 saturated carbocycles. The molecular formula is C26H19FN4O. The number of nitrogens with zero attached hydrogens (tertiary/aromatic N) is 2. The maximum absolute atomic E-state index is 13.4. The largest absolute Gasteiger partial charge is 0.323 e. The van der Waals surface area contributed by atoms with Crippen LogP contribution in [0.5, 0.6) is 0 Å². The molecule has 5 rings (SSSR count). The average molecular weight is 422 g/mol. The van der Waals surface area contributed by atoms with Gasteiger partial charge in [0.25, 0.3) is 0 Å². The van der Waals surface area contributed by atoms with Gasteiger partial charge in [-0.25, -0.2) is 13.9 Å². The van der Waals surface area contributed by atoms with Crippen molar-refractivity contribution in [1.29, 1.82) is 0 Å². The van der Waals surface area contributed by atoms with E-state index in [1.54, 1.807) is 23.0 Å². The van der Waals surface area contributed by atoms with E-state index in [4.69, 9.17) is 0 Å². The van der Waals surface area contributed by atoms with Crippen molar-refractivity contribution in [3.8, 4) is 16.9 Å². The Balaban J connectivity index is 1.48. The molecule has 2 N–H and O–H groups in total. The lowest BCUT2D eigenvalue weighted by atomic mass is 10.1. The molecule has 0 aliphatic rings. The predicted molar refractivity (Wildman–Crippen MR) is 126 cm³/mol. The molecule has 6 heteroatoms. The zero-order valence-corrected chi connectivity index (χ0v) is 17.0. The van der Waals surface area contributed by atoms with Gasteiger partial charge in [0.15, 0.2) is 0 Å². The lowest BCUT2D eigenvalue weighted by Crippen LogP contribution is -2.19. The third kappa shape index (κ3) is 3.94. The van der Waals surface area contributed by atoms with Crippen molar-refractivity contribution in [2.24, 2.45) is 0 Å². The third-order valence-corrected chi connectivity index (χ3v) is 5.14. The second-order valence-corrected chi connectivity index (χ2v) is 7.28. The van der Waals surface area contributed by atoms with Crippen LogP contribution in [0.25, 0.3) is 27.7 Å². The number of para-hydroxylation sites is 1. The van der Waals surface area contributed by atoms with Crippen LogP contribution in [0, 0.1) is 5.82 Å². The average Bonchev–Trinajstić information content (AvgIpc) is 3.24. The van der Waals surface area contributed by atoms with Crippen molar-refractivity contribution < 1.29 is 9.18 Å². The summed E-state index contributed by atoms with van der Waals surface area (Å²) in [7, 11) is 0. The van der Waals surface area contributed by atoms with Crippen LogP contribution < -0.4 is 10.6 Å². The van der Waals surface area contributed by atoms with Gasteiger partial charge in [-0.2, -0.15) is 5.10 Å². The van der Waals surface area contributed by atoms with E-state index in [1.165, 1.54) is 12.1 Å². The summed E-state index contributed by atoms with van der Waals surface area (Å²) in [6.07, 6.45) is 1.75. The van der Waals surface area contributed by atoms with Gasteiger partial charge in [0.05, 0.1) is 23.3 Å². The van der Waals surface area contributed by atoms with E-state index in [1.807, 2.05) is 72.8 Å². The van der Waals surface area contributed by atoms with Crippen molar-refractivity contribution >= 4 is 28.2 Å². The van der Waals surface area contributed by atoms with Crippen molar-refractivity contribution in [2.75, 3.05) is 10.6 Å². The first-order chi connectivity index (χ1) is 15.7. The van der Waals surface area contributed by atoms with E-state index >= 15 is 0 Å². The second-order valence-electron chi connectivity index (χ2n) is 7.28. The summed E-state index contributed by atoms with van der Waals surface area (Å²) in [6.45, 7) is 0. The number of rotatable bonds is 4. The molecule has 4 aromatic carbocycles. The summed E-state index contributed by atoms with van der Waals surface area (Å²) in [5.74, 6) is -0.334. The molecule has 2 amide bonds. The lowest BCUT2D eigenvalue weighted by molar-refractivity contribution is 0.262. The third-order valence-electron chi connectivity index (χ3n) is 5.14. The van der Waals surface area contributed by atoms with Gasteiger partial charge in [0.1, 0.15) is 11.5 Å². The minimum absolute atomic E-state index is 0.334.